The van der Waals surface area contributed by atoms with Crippen molar-refractivity contribution in [2.75, 3.05) is 6.54 Å². The lowest BCUT2D eigenvalue weighted by molar-refractivity contribution is -0.150. The summed E-state index contributed by atoms with van der Waals surface area (Å²) in [4.78, 5) is 22.6. The van der Waals surface area contributed by atoms with Gasteiger partial charge in [0.2, 0.25) is 5.91 Å². The van der Waals surface area contributed by atoms with Gasteiger partial charge in [-0.1, -0.05) is 12.8 Å². The van der Waals surface area contributed by atoms with Crippen LogP contribution in [0.2, 0.25) is 0 Å². The molecule has 2 unspecified atom stereocenters. The molecular weight excluding hydrogens is 251 g/mol. The molecule has 1 aliphatic rings. The molecule has 1 saturated carbocycles. The van der Waals surface area contributed by atoms with Crippen LogP contribution in [0.3, 0.4) is 0 Å². The highest BCUT2D eigenvalue weighted by Gasteiger charge is 2.36. The predicted molar refractivity (Wildman–Crippen MR) is 56.8 cm³/mol. The summed E-state index contributed by atoms with van der Waals surface area (Å²) in [5, 5.41) is 11.1. The molecule has 1 aliphatic carbocycles. The fourth-order valence-electron chi connectivity index (χ4n) is 2.20. The summed E-state index contributed by atoms with van der Waals surface area (Å²) >= 11 is 0. The van der Waals surface area contributed by atoms with Crippen molar-refractivity contribution in [3.05, 3.63) is 0 Å². The quantitative estimate of drug-likeness (QED) is 0.818. The summed E-state index contributed by atoms with van der Waals surface area (Å²) in [6, 6.07) is 0. The van der Waals surface area contributed by atoms with Crippen LogP contribution >= 0.6 is 0 Å². The number of rotatable bonds is 4. The molecule has 0 radical (unpaired) electrons. The van der Waals surface area contributed by atoms with E-state index in [4.69, 9.17) is 5.11 Å². The normalized spacial score (nSPS) is 24.6. The third kappa shape index (κ3) is 4.54. The largest absolute Gasteiger partial charge is 0.481 e. The topological polar surface area (TPSA) is 66.4 Å². The van der Waals surface area contributed by atoms with Crippen LogP contribution in [0.5, 0.6) is 0 Å². The third-order valence-corrected chi connectivity index (χ3v) is 3.13. The average molecular weight is 267 g/mol. The fraction of sp³-hybridized carbons (Fsp3) is 0.818. The Bertz CT molecular complexity index is 317. The van der Waals surface area contributed by atoms with Gasteiger partial charge in [-0.2, -0.15) is 13.2 Å². The van der Waals surface area contributed by atoms with E-state index < -0.39 is 42.9 Å². The molecule has 0 aromatic rings. The van der Waals surface area contributed by atoms with Crippen LogP contribution in [0, 0.1) is 11.8 Å². The lowest BCUT2D eigenvalue weighted by Gasteiger charge is -2.27. The van der Waals surface area contributed by atoms with E-state index in [1.807, 2.05) is 0 Å². The van der Waals surface area contributed by atoms with E-state index in [0.29, 0.717) is 12.8 Å². The lowest BCUT2D eigenvalue weighted by Crippen LogP contribution is -2.40. The molecule has 1 rings (SSSR count). The van der Waals surface area contributed by atoms with Crippen LogP contribution < -0.4 is 5.32 Å². The maximum atomic E-state index is 11.9. The van der Waals surface area contributed by atoms with Gasteiger partial charge < -0.3 is 10.4 Å². The summed E-state index contributed by atoms with van der Waals surface area (Å²) in [5.74, 6) is -3.11. The average Bonchev–Trinajstić information content (AvgIpc) is 2.27. The highest BCUT2D eigenvalue weighted by atomic mass is 19.4. The van der Waals surface area contributed by atoms with Crippen LogP contribution in [-0.4, -0.2) is 29.7 Å². The van der Waals surface area contributed by atoms with Crippen molar-refractivity contribution < 1.29 is 27.9 Å². The number of alkyl halides is 3. The zero-order valence-electron chi connectivity index (χ0n) is 9.79. The van der Waals surface area contributed by atoms with Crippen molar-refractivity contribution in [3.63, 3.8) is 0 Å². The molecule has 2 N–H and O–H groups in total. The number of halogens is 3. The minimum atomic E-state index is -4.31. The van der Waals surface area contributed by atoms with Gasteiger partial charge in [0.15, 0.2) is 0 Å². The van der Waals surface area contributed by atoms with Gasteiger partial charge in [-0.3, -0.25) is 9.59 Å². The SMILES string of the molecule is O=C(O)C1CCCCC1C(=O)NCCC(F)(F)F. The zero-order chi connectivity index (χ0) is 13.8. The van der Waals surface area contributed by atoms with Gasteiger partial charge in [0, 0.05) is 6.54 Å². The molecule has 0 heterocycles. The number of aliphatic carboxylic acids is 1. The molecule has 1 fully saturated rings. The van der Waals surface area contributed by atoms with Crippen molar-refractivity contribution in [1.29, 1.82) is 0 Å². The number of carbonyl (C=O) groups excluding carboxylic acids is 1. The standard InChI is InChI=1S/C11H16F3NO3/c12-11(13,14)5-6-15-9(16)7-3-1-2-4-8(7)10(17)18/h7-8H,1-6H2,(H,15,16)(H,17,18). The predicted octanol–water partition coefficient (Wildman–Crippen LogP) is 1.95. The first-order valence-electron chi connectivity index (χ1n) is 5.88. The zero-order valence-corrected chi connectivity index (χ0v) is 9.79. The van der Waals surface area contributed by atoms with E-state index in [9.17, 15) is 22.8 Å². The maximum Gasteiger partial charge on any atom is 0.390 e. The van der Waals surface area contributed by atoms with Crippen molar-refractivity contribution in [2.45, 2.75) is 38.3 Å². The molecule has 104 valence electrons. The second kappa shape index (κ2) is 6.06. The number of nitrogens with one attached hydrogen (secondary N) is 1. The van der Waals surface area contributed by atoms with Crippen molar-refractivity contribution in [3.8, 4) is 0 Å². The van der Waals surface area contributed by atoms with E-state index in [-0.39, 0.29) is 0 Å². The summed E-state index contributed by atoms with van der Waals surface area (Å²) < 4.78 is 35.7. The first-order chi connectivity index (χ1) is 8.31. The Labute approximate surface area is 103 Å². The van der Waals surface area contributed by atoms with Crippen LogP contribution in [0.25, 0.3) is 0 Å². The van der Waals surface area contributed by atoms with E-state index in [0.717, 1.165) is 12.8 Å². The number of carboxylic acids is 1. The molecule has 2 atom stereocenters. The minimum absolute atomic E-state index is 0.409. The van der Waals surface area contributed by atoms with Gasteiger partial charge in [0.25, 0.3) is 0 Å². The summed E-state index contributed by atoms with van der Waals surface area (Å²) in [5.41, 5.74) is 0. The summed E-state index contributed by atoms with van der Waals surface area (Å²) in [7, 11) is 0. The van der Waals surface area contributed by atoms with Crippen LogP contribution in [-0.2, 0) is 9.59 Å². The molecule has 0 bridgehead atoms. The molecule has 0 spiro atoms. The second-order valence-corrected chi connectivity index (χ2v) is 4.49. The van der Waals surface area contributed by atoms with Crippen LogP contribution in [0.15, 0.2) is 0 Å². The molecule has 4 nitrogen and oxygen atoms in total. The highest BCUT2D eigenvalue weighted by molar-refractivity contribution is 5.84. The Hall–Kier alpha value is -1.27. The molecule has 18 heavy (non-hydrogen) atoms. The lowest BCUT2D eigenvalue weighted by atomic mass is 9.79. The Kier molecular flexibility index (Phi) is 4.98. The number of carboxylic acid groups (broad SMARTS) is 1. The van der Waals surface area contributed by atoms with Gasteiger partial charge in [0.1, 0.15) is 0 Å². The van der Waals surface area contributed by atoms with E-state index >= 15 is 0 Å². The number of hydrogen-bond donors (Lipinski definition) is 2. The smallest absolute Gasteiger partial charge is 0.390 e. The van der Waals surface area contributed by atoms with Crippen molar-refractivity contribution in [1.82, 2.24) is 5.32 Å². The van der Waals surface area contributed by atoms with Crippen LogP contribution in [0.4, 0.5) is 13.2 Å². The number of hydrogen-bond acceptors (Lipinski definition) is 2. The molecule has 0 saturated heterocycles. The van der Waals surface area contributed by atoms with Crippen molar-refractivity contribution >= 4 is 11.9 Å². The Morgan fingerprint density at radius 3 is 2.22 bits per heavy atom. The minimum Gasteiger partial charge on any atom is -0.481 e. The molecule has 0 aromatic heterocycles. The molecular formula is C11H16F3NO3. The monoisotopic (exact) mass is 267 g/mol. The first kappa shape index (κ1) is 14.8. The van der Waals surface area contributed by atoms with E-state index in [1.54, 1.807) is 0 Å². The van der Waals surface area contributed by atoms with Gasteiger partial charge in [-0.05, 0) is 12.8 Å². The molecule has 0 aliphatic heterocycles. The fourth-order valence-corrected chi connectivity index (χ4v) is 2.20. The Morgan fingerprint density at radius 1 is 1.17 bits per heavy atom. The van der Waals surface area contributed by atoms with Gasteiger partial charge >= 0.3 is 12.1 Å². The Morgan fingerprint density at radius 2 is 1.72 bits per heavy atom. The third-order valence-electron chi connectivity index (χ3n) is 3.13. The van der Waals surface area contributed by atoms with E-state index in [2.05, 4.69) is 5.32 Å². The summed E-state index contributed by atoms with van der Waals surface area (Å²) in [6.07, 6.45) is -3.10. The highest BCUT2D eigenvalue weighted by Crippen LogP contribution is 2.30. The molecule has 0 aromatic carbocycles. The van der Waals surface area contributed by atoms with Gasteiger partial charge in [-0.25, -0.2) is 0 Å². The van der Waals surface area contributed by atoms with Gasteiger partial charge in [-0.15, -0.1) is 0 Å². The molecule has 1 amide bonds. The summed E-state index contributed by atoms with van der Waals surface area (Å²) in [6.45, 7) is -0.495. The number of amides is 1. The number of carbonyl (C=O) groups is 2. The van der Waals surface area contributed by atoms with E-state index in [1.165, 1.54) is 0 Å². The van der Waals surface area contributed by atoms with Gasteiger partial charge in [0.05, 0.1) is 18.3 Å². The maximum absolute atomic E-state index is 11.9. The second-order valence-electron chi connectivity index (χ2n) is 4.49. The first-order valence-corrected chi connectivity index (χ1v) is 5.88. The van der Waals surface area contributed by atoms with Crippen LogP contribution in [0.1, 0.15) is 32.1 Å². The molecule has 7 heteroatoms. The van der Waals surface area contributed by atoms with Crippen molar-refractivity contribution in [2.24, 2.45) is 11.8 Å². The Balaban J connectivity index is 2.46.